The second-order valence-electron chi connectivity index (χ2n) is 5.65. The third kappa shape index (κ3) is 6.27. The highest BCUT2D eigenvalue weighted by molar-refractivity contribution is 5.74. The van der Waals surface area contributed by atoms with Gasteiger partial charge in [-0.1, -0.05) is 12.2 Å². The fraction of sp³-hybridized carbons (Fsp3) is 0.692. The first-order chi connectivity index (χ1) is 7.96. The average Bonchev–Trinajstić information content (AvgIpc) is 2.10. The van der Waals surface area contributed by atoms with E-state index in [0.29, 0.717) is 0 Å². The first-order valence-electron chi connectivity index (χ1n) is 5.88. The lowest BCUT2D eigenvalue weighted by Crippen LogP contribution is -2.54. The van der Waals surface area contributed by atoms with Gasteiger partial charge in [0.1, 0.15) is 5.60 Å². The molecule has 1 unspecified atom stereocenters. The van der Waals surface area contributed by atoms with E-state index >= 15 is 0 Å². The quantitative estimate of drug-likeness (QED) is 0.756. The van der Waals surface area contributed by atoms with Crippen LogP contribution in [0.5, 0.6) is 0 Å². The molecule has 0 rings (SSSR count). The van der Waals surface area contributed by atoms with Crippen LogP contribution in [0, 0.1) is 0 Å². The van der Waals surface area contributed by atoms with Crippen LogP contribution in [0.1, 0.15) is 41.5 Å². The summed E-state index contributed by atoms with van der Waals surface area (Å²) in [6, 6.07) is 0. The molecule has 18 heavy (non-hydrogen) atoms. The van der Waals surface area contributed by atoms with E-state index in [1.54, 1.807) is 34.6 Å². The van der Waals surface area contributed by atoms with Crippen molar-refractivity contribution in [3.05, 3.63) is 12.2 Å². The number of carbonyl (C=O) groups excluding carboxylic acids is 2. The molecule has 1 atom stereocenters. The van der Waals surface area contributed by atoms with E-state index in [1.807, 2.05) is 0 Å². The highest BCUT2D eigenvalue weighted by Gasteiger charge is 2.27. The molecule has 5 nitrogen and oxygen atoms in total. The number of nitrogens with one attached hydrogen (secondary N) is 2. The van der Waals surface area contributed by atoms with Gasteiger partial charge in [-0.15, -0.1) is 0 Å². The summed E-state index contributed by atoms with van der Waals surface area (Å²) in [7, 11) is 0. The van der Waals surface area contributed by atoms with Crippen LogP contribution >= 0.6 is 0 Å². The van der Waals surface area contributed by atoms with Crippen molar-refractivity contribution in [1.82, 2.24) is 10.6 Å². The normalized spacial score (nSPS) is 14.3. The van der Waals surface area contributed by atoms with Crippen LogP contribution in [0.3, 0.4) is 0 Å². The molecule has 0 bridgehead atoms. The molecule has 0 fully saturated rings. The van der Waals surface area contributed by atoms with E-state index in [-0.39, 0.29) is 12.5 Å². The Morgan fingerprint density at radius 1 is 1.17 bits per heavy atom. The smallest absolute Gasteiger partial charge is 0.407 e. The van der Waals surface area contributed by atoms with Crippen LogP contribution in [0.4, 0.5) is 4.79 Å². The van der Waals surface area contributed by atoms with Crippen molar-refractivity contribution in [2.75, 3.05) is 6.54 Å². The van der Waals surface area contributed by atoms with E-state index in [1.165, 1.54) is 6.92 Å². The van der Waals surface area contributed by atoms with Crippen LogP contribution in [-0.2, 0) is 9.53 Å². The van der Waals surface area contributed by atoms with Gasteiger partial charge >= 0.3 is 6.09 Å². The van der Waals surface area contributed by atoms with Crippen LogP contribution in [0.25, 0.3) is 0 Å². The number of carbonyl (C=O) groups is 2. The molecule has 0 radical (unpaired) electrons. The molecule has 104 valence electrons. The van der Waals surface area contributed by atoms with E-state index < -0.39 is 17.2 Å². The third-order valence-corrected chi connectivity index (χ3v) is 2.38. The molecule has 0 aliphatic heterocycles. The largest absolute Gasteiger partial charge is 0.444 e. The first kappa shape index (κ1) is 16.5. The highest BCUT2D eigenvalue weighted by atomic mass is 16.6. The van der Waals surface area contributed by atoms with Gasteiger partial charge in [0.05, 0.1) is 5.54 Å². The Hall–Kier alpha value is -1.52. The van der Waals surface area contributed by atoms with E-state index in [4.69, 9.17) is 4.74 Å². The lowest BCUT2D eigenvalue weighted by atomic mass is 9.94. The summed E-state index contributed by atoms with van der Waals surface area (Å²) in [5, 5.41) is 5.39. The Labute approximate surface area is 109 Å². The van der Waals surface area contributed by atoms with Crippen LogP contribution in [0.2, 0.25) is 0 Å². The van der Waals surface area contributed by atoms with Gasteiger partial charge < -0.3 is 15.4 Å². The molecule has 0 aromatic rings. The van der Waals surface area contributed by atoms with Crippen molar-refractivity contribution in [3.8, 4) is 0 Å². The predicted octanol–water partition coefficient (Wildman–Crippen LogP) is 1.98. The Morgan fingerprint density at radius 2 is 1.67 bits per heavy atom. The van der Waals surface area contributed by atoms with Gasteiger partial charge in [-0.05, 0) is 34.6 Å². The van der Waals surface area contributed by atoms with Crippen molar-refractivity contribution in [2.24, 2.45) is 0 Å². The van der Waals surface area contributed by atoms with Gasteiger partial charge in [-0.25, -0.2) is 4.79 Å². The number of alkyl carbamates (subject to hydrolysis) is 1. The summed E-state index contributed by atoms with van der Waals surface area (Å²) in [4.78, 5) is 22.7. The van der Waals surface area contributed by atoms with Crippen molar-refractivity contribution in [1.29, 1.82) is 0 Å². The molecular weight excluding hydrogens is 232 g/mol. The van der Waals surface area contributed by atoms with Gasteiger partial charge in [-0.2, -0.15) is 0 Å². The third-order valence-electron chi connectivity index (χ3n) is 2.38. The molecule has 0 spiro atoms. The van der Waals surface area contributed by atoms with E-state index in [2.05, 4.69) is 17.2 Å². The summed E-state index contributed by atoms with van der Waals surface area (Å²) >= 11 is 0. The fourth-order valence-corrected chi connectivity index (χ4v) is 1.25. The number of hydrogen-bond acceptors (Lipinski definition) is 3. The molecule has 0 aliphatic rings. The number of amides is 2. The predicted molar refractivity (Wildman–Crippen MR) is 71.3 cm³/mol. The first-order valence-corrected chi connectivity index (χ1v) is 5.88. The summed E-state index contributed by atoms with van der Waals surface area (Å²) in [6.07, 6.45) is -0.514. The Bertz CT molecular complexity index is 345. The SMILES string of the molecule is C=C(C)C(C)(CNC(=O)OC(C)(C)C)NC(C)=O. The molecule has 0 saturated carbocycles. The van der Waals surface area contributed by atoms with Gasteiger partial charge in [0.15, 0.2) is 0 Å². The second-order valence-corrected chi connectivity index (χ2v) is 5.65. The van der Waals surface area contributed by atoms with Crippen LogP contribution in [0.15, 0.2) is 12.2 Å². The van der Waals surface area contributed by atoms with Crippen molar-refractivity contribution in [2.45, 2.75) is 52.7 Å². The molecule has 2 amide bonds. The topological polar surface area (TPSA) is 67.4 Å². The summed E-state index contributed by atoms with van der Waals surface area (Å²) < 4.78 is 5.13. The van der Waals surface area contributed by atoms with E-state index in [0.717, 1.165) is 5.57 Å². The van der Waals surface area contributed by atoms with Gasteiger partial charge in [-0.3, -0.25) is 4.79 Å². The van der Waals surface area contributed by atoms with Crippen LogP contribution < -0.4 is 10.6 Å². The highest BCUT2D eigenvalue weighted by Crippen LogP contribution is 2.14. The molecule has 5 heteroatoms. The average molecular weight is 256 g/mol. The Morgan fingerprint density at radius 3 is 2.00 bits per heavy atom. The molecule has 2 N–H and O–H groups in total. The van der Waals surface area contributed by atoms with Crippen molar-refractivity contribution in [3.63, 3.8) is 0 Å². The zero-order chi connectivity index (χ0) is 14.6. The molecule has 0 aliphatic carbocycles. The summed E-state index contributed by atoms with van der Waals surface area (Å²) in [5.41, 5.74) is -0.464. The minimum atomic E-state index is -0.678. The second kappa shape index (κ2) is 5.89. The van der Waals surface area contributed by atoms with Gasteiger partial charge in [0.25, 0.3) is 0 Å². The number of rotatable bonds is 4. The molecule has 0 aromatic heterocycles. The van der Waals surface area contributed by atoms with Crippen LogP contribution in [-0.4, -0.2) is 29.7 Å². The lowest BCUT2D eigenvalue weighted by Gasteiger charge is -2.31. The van der Waals surface area contributed by atoms with Crippen molar-refractivity contribution < 1.29 is 14.3 Å². The lowest BCUT2D eigenvalue weighted by molar-refractivity contribution is -0.120. The maximum absolute atomic E-state index is 11.5. The minimum absolute atomic E-state index is 0.175. The zero-order valence-electron chi connectivity index (χ0n) is 12.1. The summed E-state index contributed by atoms with van der Waals surface area (Å²) in [5.74, 6) is -0.175. The standard InChI is InChI=1S/C13H24N2O3/c1-9(2)13(7,15-10(3)16)8-14-11(17)18-12(4,5)6/h1,8H2,2-7H3,(H,14,17)(H,15,16). The Kier molecular flexibility index (Phi) is 5.39. The van der Waals surface area contributed by atoms with Gasteiger partial charge in [0.2, 0.25) is 5.91 Å². The number of ether oxygens (including phenoxy) is 1. The maximum atomic E-state index is 11.5. The summed E-state index contributed by atoms with van der Waals surface area (Å²) in [6.45, 7) is 14.5. The fourth-order valence-electron chi connectivity index (χ4n) is 1.25. The zero-order valence-corrected chi connectivity index (χ0v) is 12.1. The monoisotopic (exact) mass is 256 g/mol. The van der Waals surface area contributed by atoms with E-state index in [9.17, 15) is 9.59 Å². The Balaban J connectivity index is 4.50. The molecular formula is C13H24N2O3. The van der Waals surface area contributed by atoms with Gasteiger partial charge in [0, 0.05) is 13.5 Å². The minimum Gasteiger partial charge on any atom is -0.444 e. The number of hydrogen-bond donors (Lipinski definition) is 2. The molecule has 0 aromatic carbocycles. The molecule has 0 heterocycles. The molecule has 0 saturated heterocycles. The maximum Gasteiger partial charge on any atom is 0.407 e. The van der Waals surface area contributed by atoms with Crippen molar-refractivity contribution >= 4 is 12.0 Å².